The van der Waals surface area contributed by atoms with Crippen molar-refractivity contribution < 1.29 is 0 Å². The Hall–Kier alpha value is -1.88. The van der Waals surface area contributed by atoms with Crippen molar-refractivity contribution in [1.82, 2.24) is 19.7 Å². The average Bonchev–Trinajstić information content (AvgIpc) is 2.99. The number of rotatable bonds is 5. The number of aryl methyl sites for hydroxylation is 1. The van der Waals surface area contributed by atoms with E-state index in [1.165, 1.54) is 11.3 Å². The number of pyridine rings is 1. The first kappa shape index (κ1) is 15.0. The van der Waals surface area contributed by atoms with Crippen molar-refractivity contribution in [3.63, 3.8) is 0 Å². The Morgan fingerprint density at radius 2 is 2.23 bits per heavy atom. The van der Waals surface area contributed by atoms with Gasteiger partial charge in [-0.15, -0.1) is 0 Å². The highest BCUT2D eigenvalue weighted by atomic mass is 16.1. The third-order valence-electron chi connectivity index (χ3n) is 4.27. The van der Waals surface area contributed by atoms with E-state index in [-0.39, 0.29) is 5.56 Å². The summed E-state index contributed by atoms with van der Waals surface area (Å²) in [5.41, 5.74) is 2.62. The van der Waals surface area contributed by atoms with E-state index in [2.05, 4.69) is 24.3 Å². The van der Waals surface area contributed by atoms with E-state index in [0.717, 1.165) is 25.8 Å². The van der Waals surface area contributed by atoms with Crippen LogP contribution in [0, 0.1) is 0 Å². The van der Waals surface area contributed by atoms with Gasteiger partial charge < -0.3 is 9.88 Å². The summed E-state index contributed by atoms with van der Waals surface area (Å²) in [5.74, 6) is 0. The number of hydrogen-bond donors (Lipinski definition) is 1. The predicted molar refractivity (Wildman–Crippen MR) is 87.0 cm³/mol. The molecule has 0 bridgehead atoms. The van der Waals surface area contributed by atoms with E-state index in [1.807, 2.05) is 27.6 Å². The maximum absolute atomic E-state index is 12.2. The molecule has 1 unspecified atom stereocenters. The van der Waals surface area contributed by atoms with Crippen LogP contribution in [0.25, 0.3) is 0 Å². The zero-order valence-corrected chi connectivity index (χ0v) is 13.3. The zero-order valence-electron chi connectivity index (χ0n) is 13.3. The third kappa shape index (κ3) is 3.30. The minimum atomic E-state index is 0.0983. The number of nitrogens with zero attached hydrogens (tertiary/aromatic N) is 3. The third-order valence-corrected chi connectivity index (χ3v) is 4.27. The van der Waals surface area contributed by atoms with Crippen molar-refractivity contribution >= 4 is 0 Å². The van der Waals surface area contributed by atoms with Crippen LogP contribution in [-0.2, 0) is 25.9 Å². The molecule has 3 rings (SSSR count). The molecule has 2 aromatic heterocycles. The molecule has 0 spiro atoms. The molecule has 5 heteroatoms. The molecule has 2 aromatic rings. The van der Waals surface area contributed by atoms with Gasteiger partial charge in [-0.25, -0.2) is 0 Å². The first-order chi connectivity index (χ1) is 10.6. The first-order valence-corrected chi connectivity index (χ1v) is 8.08. The van der Waals surface area contributed by atoms with Crippen LogP contribution < -0.4 is 10.9 Å². The van der Waals surface area contributed by atoms with Gasteiger partial charge in [0, 0.05) is 42.8 Å². The Labute approximate surface area is 131 Å². The van der Waals surface area contributed by atoms with Crippen LogP contribution >= 0.6 is 0 Å². The van der Waals surface area contributed by atoms with Gasteiger partial charge in [0.05, 0.1) is 6.54 Å². The van der Waals surface area contributed by atoms with E-state index in [4.69, 9.17) is 0 Å². The lowest BCUT2D eigenvalue weighted by Crippen LogP contribution is -2.40. The molecule has 22 heavy (non-hydrogen) atoms. The molecule has 0 saturated carbocycles. The summed E-state index contributed by atoms with van der Waals surface area (Å²) in [7, 11) is 0. The van der Waals surface area contributed by atoms with Gasteiger partial charge in [0.25, 0.3) is 5.56 Å². The minimum Gasteiger partial charge on any atom is -0.311 e. The molecule has 2 heterocycles. The Morgan fingerprint density at radius 1 is 1.36 bits per heavy atom. The highest BCUT2D eigenvalue weighted by Gasteiger charge is 2.21. The predicted octanol–water partition coefficient (Wildman–Crippen LogP) is 1.60. The Kier molecular flexibility index (Phi) is 4.43. The largest absolute Gasteiger partial charge is 0.311 e. The molecule has 1 aliphatic carbocycles. The fourth-order valence-electron chi connectivity index (χ4n) is 3.32. The summed E-state index contributed by atoms with van der Waals surface area (Å²) in [5, 5.41) is 7.82. The van der Waals surface area contributed by atoms with Gasteiger partial charge in [-0.2, -0.15) is 5.10 Å². The fraction of sp³-hybridized carbons (Fsp3) is 0.529. The summed E-state index contributed by atoms with van der Waals surface area (Å²) in [6.07, 6.45) is 6.77. The fourth-order valence-corrected chi connectivity index (χ4v) is 3.32. The van der Waals surface area contributed by atoms with E-state index >= 15 is 0 Å². The molecule has 1 N–H and O–H groups in total. The second-order valence-electron chi connectivity index (χ2n) is 6.33. The lowest BCUT2D eigenvalue weighted by molar-refractivity contribution is 0.405. The van der Waals surface area contributed by atoms with Crippen molar-refractivity contribution in [1.29, 1.82) is 0 Å². The van der Waals surface area contributed by atoms with Crippen LogP contribution in [-0.4, -0.2) is 26.4 Å². The van der Waals surface area contributed by atoms with Crippen molar-refractivity contribution in [3.8, 4) is 0 Å². The second-order valence-corrected chi connectivity index (χ2v) is 6.33. The van der Waals surface area contributed by atoms with Gasteiger partial charge in [0.15, 0.2) is 0 Å². The van der Waals surface area contributed by atoms with Gasteiger partial charge >= 0.3 is 0 Å². The maximum atomic E-state index is 12.2. The highest BCUT2D eigenvalue weighted by Crippen LogP contribution is 2.20. The topological polar surface area (TPSA) is 51.9 Å². The quantitative estimate of drug-likeness (QED) is 0.912. The number of nitrogens with one attached hydrogen (secondary N) is 1. The van der Waals surface area contributed by atoms with Crippen LogP contribution in [0.5, 0.6) is 0 Å². The van der Waals surface area contributed by atoms with Crippen LogP contribution in [0.2, 0.25) is 0 Å². The molecule has 0 saturated heterocycles. The molecule has 5 nitrogen and oxygen atoms in total. The molecule has 0 aromatic carbocycles. The van der Waals surface area contributed by atoms with Crippen molar-refractivity contribution in [3.05, 3.63) is 52.2 Å². The normalized spacial score (nSPS) is 17.7. The van der Waals surface area contributed by atoms with Crippen molar-refractivity contribution in [2.24, 2.45) is 0 Å². The lowest BCUT2D eigenvalue weighted by atomic mass is 9.91. The molecule has 0 amide bonds. The average molecular weight is 300 g/mol. The molecule has 0 radical (unpaired) electrons. The highest BCUT2D eigenvalue weighted by molar-refractivity contribution is 5.25. The molecule has 0 aliphatic heterocycles. The monoisotopic (exact) mass is 300 g/mol. The summed E-state index contributed by atoms with van der Waals surface area (Å²) in [6, 6.07) is 6.64. The summed E-state index contributed by atoms with van der Waals surface area (Å²) in [6.45, 7) is 5.78. The maximum Gasteiger partial charge on any atom is 0.250 e. The van der Waals surface area contributed by atoms with Crippen LogP contribution in [0.4, 0.5) is 0 Å². The zero-order chi connectivity index (χ0) is 15.5. The Morgan fingerprint density at radius 3 is 2.95 bits per heavy atom. The molecule has 1 aliphatic rings. The summed E-state index contributed by atoms with van der Waals surface area (Å²) in [4.78, 5) is 12.2. The first-order valence-electron chi connectivity index (χ1n) is 8.08. The summed E-state index contributed by atoms with van der Waals surface area (Å²) < 4.78 is 3.81. The second kappa shape index (κ2) is 6.48. The van der Waals surface area contributed by atoms with Gasteiger partial charge in [-0.1, -0.05) is 19.9 Å². The van der Waals surface area contributed by atoms with Crippen molar-refractivity contribution in [2.75, 3.05) is 0 Å². The molecular formula is C17H24N4O. The van der Waals surface area contributed by atoms with Crippen LogP contribution in [0.1, 0.15) is 31.5 Å². The van der Waals surface area contributed by atoms with Crippen molar-refractivity contribution in [2.45, 2.75) is 58.3 Å². The van der Waals surface area contributed by atoms with Gasteiger partial charge in [-0.3, -0.25) is 9.48 Å². The Balaban J connectivity index is 1.78. The lowest BCUT2D eigenvalue weighted by Gasteiger charge is -2.29. The van der Waals surface area contributed by atoms with Gasteiger partial charge in [0.1, 0.15) is 0 Å². The minimum absolute atomic E-state index is 0.0983. The van der Waals surface area contributed by atoms with Gasteiger partial charge in [0.2, 0.25) is 0 Å². The smallest absolute Gasteiger partial charge is 0.250 e. The van der Waals surface area contributed by atoms with E-state index in [1.54, 1.807) is 12.3 Å². The SMILES string of the molecule is CC(C)NC1CCc2c(ccc(=O)n2CCn2cccn2)C1. The standard InChI is InChI=1S/C17H24N4O/c1-13(2)19-15-5-6-16-14(12-15)4-7-17(22)21(16)11-10-20-9-3-8-18-20/h3-4,7-9,13,15,19H,5-6,10-12H2,1-2H3. The molecular weight excluding hydrogens is 276 g/mol. The molecule has 0 fully saturated rings. The van der Waals surface area contributed by atoms with Gasteiger partial charge in [-0.05, 0) is 30.9 Å². The molecule has 118 valence electrons. The number of fused-ring (bicyclic) bond motifs is 1. The summed E-state index contributed by atoms with van der Waals surface area (Å²) >= 11 is 0. The van der Waals surface area contributed by atoms with E-state index in [0.29, 0.717) is 18.6 Å². The van der Waals surface area contributed by atoms with E-state index in [9.17, 15) is 4.79 Å². The van der Waals surface area contributed by atoms with E-state index < -0.39 is 0 Å². The van der Waals surface area contributed by atoms with Crippen LogP contribution in [0.15, 0.2) is 35.4 Å². The number of aromatic nitrogens is 3. The van der Waals surface area contributed by atoms with Crippen LogP contribution in [0.3, 0.4) is 0 Å². The Bertz CT molecular complexity index is 672. The number of hydrogen-bond acceptors (Lipinski definition) is 3. The molecule has 1 atom stereocenters.